The Morgan fingerprint density at radius 1 is 1.31 bits per heavy atom. The highest BCUT2D eigenvalue weighted by Crippen LogP contribution is 2.25. The molecule has 4 heteroatoms. The normalized spacial score (nSPS) is 10.4. The molecule has 0 fully saturated rings. The van der Waals surface area contributed by atoms with Crippen LogP contribution < -0.4 is 5.32 Å². The first-order valence-corrected chi connectivity index (χ1v) is 6.22. The van der Waals surface area contributed by atoms with Crippen molar-refractivity contribution in [1.29, 1.82) is 0 Å². The molecule has 0 aromatic carbocycles. The van der Waals surface area contributed by atoms with Gasteiger partial charge in [-0.15, -0.1) is 11.3 Å². The summed E-state index contributed by atoms with van der Waals surface area (Å²) in [6.07, 6.45) is 0.853. The summed E-state index contributed by atoms with van der Waals surface area (Å²) in [5.74, 6) is 1.76. The lowest BCUT2D eigenvalue weighted by Gasteiger charge is -2.05. The molecule has 0 amide bonds. The lowest BCUT2D eigenvalue weighted by Crippen LogP contribution is -2.00. The second kappa shape index (κ2) is 4.61. The first-order valence-electron chi connectivity index (χ1n) is 5.34. The summed E-state index contributed by atoms with van der Waals surface area (Å²) in [6.45, 7) is 4.17. The Kier molecular flexibility index (Phi) is 3.19. The van der Waals surface area contributed by atoms with E-state index < -0.39 is 0 Å². The molecule has 0 saturated heterocycles. The summed E-state index contributed by atoms with van der Waals surface area (Å²) in [7, 11) is 1.88. The molecule has 2 heterocycles. The maximum Gasteiger partial charge on any atom is 0.131 e. The molecule has 0 atom stereocenters. The second-order valence-corrected chi connectivity index (χ2v) is 4.72. The summed E-state index contributed by atoms with van der Waals surface area (Å²) in [4.78, 5) is 10.2. The molecule has 2 rings (SSSR count). The third kappa shape index (κ3) is 2.22. The number of hydrogen-bond donors (Lipinski definition) is 1. The van der Waals surface area contributed by atoms with E-state index in [1.54, 1.807) is 11.3 Å². The summed E-state index contributed by atoms with van der Waals surface area (Å²) in [6, 6.07) is 4.15. The Morgan fingerprint density at radius 3 is 2.69 bits per heavy atom. The van der Waals surface area contributed by atoms with Gasteiger partial charge in [0.05, 0.1) is 5.69 Å². The molecule has 0 unspecified atom stereocenters. The first-order chi connectivity index (χ1) is 7.72. The van der Waals surface area contributed by atoms with Crippen LogP contribution in [-0.2, 0) is 6.42 Å². The van der Waals surface area contributed by atoms with Gasteiger partial charge in [-0.3, -0.25) is 0 Å². The third-order valence-electron chi connectivity index (χ3n) is 2.37. The molecular weight excluding hydrogens is 218 g/mol. The zero-order valence-corrected chi connectivity index (χ0v) is 10.6. The van der Waals surface area contributed by atoms with Crippen LogP contribution in [0.25, 0.3) is 11.3 Å². The standard InChI is InChI=1S/C12H15N3S/c1-4-11-14-10(6-12(13-3)15-11)9-5-8(2)16-7-9/h5-7H,4H2,1-3H3,(H,13,14,15). The van der Waals surface area contributed by atoms with E-state index >= 15 is 0 Å². The minimum atomic E-state index is 0.853. The number of hydrogen-bond acceptors (Lipinski definition) is 4. The van der Waals surface area contributed by atoms with Gasteiger partial charge < -0.3 is 5.32 Å². The smallest absolute Gasteiger partial charge is 0.131 e. The van der Waals surface area contributed by atoms with Crippen LogP contribution in [0.5, 0.6) is 0 Å². The van der Waals surface area contributed by atoms with Crippen molar-refractivity contribution in [2.24, 2.45) is 0 Å². The quantitative estimate of drug-likeness (QED) is 0.885. The highest BCUT2D eigenvalue weighted by atomic mass is 32.1. The van der Waals surface area contributed by atoms with Crippen LogP contribution in [0.3, 0.4) is 0 Å². The molecule has 0 bridgehead atoms. The average Bonchev–Trinajstić information content (AvgIpc) is 2.75. The molecule has 0 spiro atoms. The van der Waals surface area contributed by atoms with Crippen molar-refractivity contribution in [2.75, 3.05) is 12.4 Å². The van der Waals surface area contributed by atoms with E-state index in [9.17, 15) is 0 Å². The van der Waals surface area contributed by atoms with Gasteiger partial charge in [-0.1, -0.05) is 6.92 Å². The predicted molar refractivity (Wildman–Crippen MR) is 69.0 cm³/mol. The number of rotatable bonds is 3. The van der Waals surface area contributed by atoms with Crippen molar-refractivity contribution < 1.29 is 0 Å². The van der Waals surface area contributed by atoms with Crippen LogP contribution >= 0.6 is 11.3 Å². The van der Waals surface area contributed by atoms with Crippen LogP contribution in [0.15, 0.2) is 17.5 Å². The number of nitrogens with zero attached hydrogens (tertiary/aromatic N) is 2. The molecule has 0 saturated carbocycles. The minimum absolute atomic E-state index is 0.853. The van der Waals surface area contributed by atoms with Crippen LogP contribution in [0.4, 0.5) is 5.82 Å². The van der Waals surface area contributed by atoms with Crippen molar-refractivity contribution in [3.05, 3.63) is 28.2 Å². The Morgan fingerprint density at radius 2 is 2.12 bits per heavy atom. The highest BCUT2D eigenvalue weighted by Gasteiger charge is 2.06. The summed E-state index contributed by atoms with van der Waals surface area (Å²) in [5.41, 5.74) is 2.18. The molecular formula is C12H15N3S. The molecule has 1 N–H and O–H groups in total. The largest absolute Gasteiger partial charge is 0.373 e. The van der Waals surface area contributed by atoms with E-state index in [1.807, 2.05) is 13.1 Å². The van der Waals surface area contributed by atoms with Crippen LogP contribution in [-0.4, -0.2) is 17.0 Å². The Balaban J connectivity index is 2.47. The number of nitrogens with one attached hydrogen (secondary N) is 1. The van der Waals surface area contributed by atoms with Gasteiger partial charge in [0, 0.05) is 35.4 Å². The van der Waals surface area contributed by atoms with Gasteiger partial charge in [-0.25, -0.2) is 9.97 Å². The molecule has 3 nitrogen and oxygen atoms in total. The molecule has 0 aliphatic carbocycles. The van der Waals surface area contributed by atoms with Gasteiger partial charge in [0.2, 0.25) is 0 Å². The van der Waals surface area contributed by atoms with Crippen molar-refractivity contribution >= 4 is 17.2 Å². The second-order valence-electron chi connectivity index (χ2n) is 3.60. The monoisotopic (exact) mass is 233 g/mol. The lowest BCUT2D eigenvalue weighted by molar-refractivity contribution is 0.945. The number of anilines is 1. The third-order valence-corrected chi connectivity index (χ3v) is 3.23. The van der Waals surface area contributed by atoms with E-state index in [4.69, 9.17) is 0 Å². The molecule has 84 valence electrons. The number of thiophene rings is 1. The summed E-state index contributed by atoms with van der Waals surface area (Å²) in [5, 5.41) is 5.21. The summed E-state index contributed by atoms with van der Waals surface area (Å²) >= 11 is 1.75. The maximum atomic E-state index is 4.54. The zero-order valence-electron chi connectivity index (χ0n) is 9.74. The minimum Gasteiger partial charge on any atom is -0.373 e. The highest BCUT2D eigenvalue weighted by molar-refractivity contribution is 7.10. The van der Waals surface area contributed by atoms with E-state index in [1.165, 1.54) is 10.4 Å². The molecule has 16 heavy (non-hydrogen) atoms. The molecule has 2 aromatic rings. The fourth-order valence-corrected chi connectivity index (χ4v) is 2.21. The van der Waals surface area contributed by atoms with Gasteiger partial charge in [0.15, 0.2) is 0 Å². The average molecular weight is 233 g/mol. The fraction of sp³-hybridized carbons (Fsp3) is 0.333. The molecule has 0 aliphatic heterocycles. The predicted octanol–water partition coefficient (Wildman–Crippen LogP) is 3.12. The Labute approximate surface area is 99.6 Å². The van der Waals surface area contributed by atoms with E-state index in [2.05, 4.69) is 40.6 Å². The molecule has 0 aliphatic rings. The zero-order chi connectivity index (χ0) is 11.5. The maximum absolute atomic E-state index is 4.54. The lowest BCUT2D eigenvalue weighted by atomic mass is 10.2. The Hall–Kier alpha value is -1.42. The van der Waals surface area contributed by atoms with Crippen molar-refractivity contribution in [2.45, 2.75) is 20.3 Å². The number of aryl methyl sites for hydroxylation is 2. The molecule has 0 radical (unpaired) electrons. The van der Waals surface area contributed by atoms with E-state index in [0.717, 1.165) is 23.8 Å². The fourth-order valence-electron chi connectivity index (χ4n) is 1.51. The van der Waals surface area contributed by atoms with Gasteiger partial charge in [-0.05, 0) is 13.0 Å². The van der Waals surface area contributed by atoms with Crippen LogP contribution in [0.2, 0.25) is 0 Å². The van der Waals surface area contributed by atoms with Crippen LogP contribution in [0.1, 0.15) is 17.6 Å². The van der Waals surface area contributed by atoms with Gasteiger partial charge >= 0.3 is 0 Å². The Bertz CT molecular complexity index is 469. The first kappa shape index (κ1) is 11.1. The van der Waals surface area contributed by atoms with Gasteiger partial charge in [-0.2, -0.15) is 0 Å². The van der Waals surface area contributed by atoms with Gasteiger partial charge in [0.25, 0.3) is 0 Å². The van der Waals surface area contributed by atoms with E-state index in [-0.39, 0.29) is 0 Å². The van der Waals surface area contributed by atoms with Crippen molar-refractivity contribution in [3.8, 4) is 11.3 Å². The SMILES string of the molecule is CCc1nc(NC)cc(-c2csc(C)c2)n1. The van der Waals surface area contributed by atoms with E-state index in [0.29, 0.717) is 0 Å². The van der Waals surface area contributed by atoms with Gasteiger partial charge in [0.1, 0.15) is 11.6 Å². The van der Waals surface area contributed by atoms with Crippen molar-refractivity contribution in [1.82, 2.24) is 9.97 Å². The topological polar surface area (TPSA) is 37.8 Å². The van der Waals surface area contributed by atoms with Crippen LogP contribution in [0, 0.1) is 6.92 Å². The molecule has 2 aromatic heterocycles. The summed E-state index contributed by atoms with van der Waals surface area (Å²) < 4.78 is 0. The van der Waals surface area contributed by atoms with Crippen molar-refractivity contribution in [3.63, 3.8) is 0 Å². The number of aromatic nitrogens is 2.